The maximum absolute atomic E-state index is 12.5. The van der Waals surface area contributed by atoms with E-state index in [1.54, 1.807) is 18.2 Å². The topological polar surface area (TPSA) is 47.9 Å². The number of halogens is 2. The zero-order valence-corrected chi connectivity index (χ0v) is 12.2. The van der Waals surface area contributed by atoms with Crippen LogP contribution in [-0.4, -0.2) is 36.6 Å². The van der Waals surface area contributed by atoms with Gasteiger partial charge < -0.3 is 19.3 Å². The molecule has 2 heterocycles. The van der Waals surface area contributed by atoms with Crippen molar-refractivity contribution in [3.05, 3.63) is 29.8 Å². The Morgan fingerprint density at radius 3 is 2.50 bits per heavy atom. The van der Waals surface area contributed by atoms with E-state index >= 15 is 0 Å². The third kappa shape index (κ3) is 3.56. The SMILES string of the molecule is OC[C@H](O[C@H]1C[C@H]2CC[C@@H](C1)O2)c1ccccc1OC(F)F. The summed E-state index contributed by atoms with van der Waals surface area (Å²) in [6, 6.07) is 6.44. The summed E-state index contributed by atoms with van der Waals surface area (Å²) in [4.78, 5) is 0. The molecule has 2 aliphatic heterocycles. The third-order valence-corrected chi connectivity index (χ3v) is 4.25. The predicted octanol–water partition coefficient (Wildman–Crippen LogP) is 3.05. The maximum Gasteiger partial charge on any atom is 0.387 e. The van der Waals surface area contributed by atoms with E-state index in [9.17, 15) is 13.9 Å². The standard InChI is InChI=1S/C16H20F2O4/c17-16(18)22-14-4-2-1-3-13(14)15(9-19)21-12-7-10-5-6-11(8-12)20-10/h1-4,10-12,15-16,19H,5-9H2/t10-,11+,12+,15-/m0/s1. The minimum atomic E-state index is -2.90. The Morgan fingerprint density at radius 1 is 1.18 bits per heavy atom. The van der Waals surface area contributed by atoms with Crippen molar-refractivity contribution in [2.24, 2.45) is 0 Å². The lowest BCUT2D eigenvalue weighted by molar-refractivity contribution is -0.116. The third-order valence-electron chi connectivity index (χ3n) is 4.25. The van der Waals surface area contributed by atoms with Crippen LogP contribution < -0.4 is 4.74 Å². The van der Waals surface area contributed by atoms with Crippen LogP contribution >= 0.6 is 0 Å². The molecule has 1 N–H and O–H groups in total. The molecule has 2 fully saturated rings. The fraction of sp³-hybridized carbons (Fsp3) is 0.625. The van der Waals surface area contributed by atoms with Gasteiger partial charge in [0.25, 0.3) is 0 Å². The molecule has 4 nitrogen and oxygen atoms in total. The lowest BCUT2D eigenvalue weighted by atomic mass is 10.0. The molecule has 0 aliphatic carbocycles. The molecule has 0 saturated carbocycles. The Kier molecular flexibility index (Phi) is 4.90. The van der Waals surface area contributed by atoms with E-state index in [-0.39, 0.29) is 30.7 Å². The van der Waals surface area contributed by atoms with E-state index in [4.69, 9.17) is 9.47 Å². The zero-order chi connectivity index (χ0) is 15.5. The maximum atomic E-state index is 12.5. The number of hydrogen-bond acceptors (Lipinski definition) is 4. The number of fused-ring (bicyclic) bond motifs is 2. The highest BCUT2D eigenvalue weighted by atomic mass is 19.3. The molecule has 0 unspecified atom stereocenters. The molecule has 122 valence electrons. The quantitative estimate of drug-likeness (QED) is 0.877. The Balaban J connectivity index is 1.71. The van der Waals surface area contributed by atoms with Gasteiger partial charge in [-0.1, -0.05) is 18.2 Å². The number of hydrogen-bond donors (Lipinski definition) is 1. The lowest BCUT2D eigenvalue weighted by Gasteiger charge is -2.31. The van der Waals surface area contributed by atoms with E-state index in [1.165, 1.54) is 6.07 Å². The molecular formula is C16H20F2O4. The number of para-hydroxylation sites is 1. The van der Waals surface area contributed by atoms with Crippen molar-refractivity contribution in [1.29, 1.82) is 0 Å². The summed E-state index contributed by atoms with van der Waals surface area (Å²) >= 11 is 0. The van der Waals surface area contributed by atoms with E-state index < -0.39 is 12.7 Å². The molecule has 2 saturated heterocycles. The Labute approximate surface area is 128 Å². The Morgan fingerprint density at radius 2 is 1.86 bits per heavy atom. The second-order valence-corrected chi connectivity index (χ2v) is 5.77. The van der Waals surface area contributed by atoms with Crippen LogP contribution in [0.2, 0.25) is 0 Å². The average molecular weight is 314 g/mol. The van der Waals surface area contributed by atoms with Gasteiger partial charge in [-0.05, 0) is 31.7 Å². The van der Waals surface area contributed by atoms with Crippen molar-refractivity contribution in [3.8, 4) is 5.75 Å². The van der Waals surface area contributed by atoms with Crippen LogP contribution in [0, 0.1) is 0 Å². The van der Waals surface area contributed by atoms with Crippen LogP contribution in [0.1, 0.15) is 37.4 Å². The van der Waals surface area contributed by atoms with Gasteiger partial charge >= 0.3 is 6.61 Å². The highest BCUT2D eigenvalue weighted by molar-refractivity contribution is 5.35. The van der Waals surface area contributed by atoms with Crippen molar-refractivity contribution in [1.82, 2.24) is 0 Å². The molecule has 0 radical (unpaired) electrons. The van der Waals surface area contributed by atoms with Crippen molar-refractivity contribution < 1.29 is 28.1 Å². The van der Waals surface area contributed by atoms with Gasteiger partial charge in [0.15, 0.2) is 0 Å². The van der Waals surface area contributed by atoms with Crippen LogP contribution in [-0.2, 0) is 9.47 Å². The minimum Gasteiger partial charge on any atom is -0.434 e. The molecule has 0 amide bonds. The van der Waals surface area contributed by atoms with Crippen LogP contribution in [0.4, 0.5) is 8.78 Å². The smallest absolute Gasteiger partial charge is 0.387 e. The first-order valence-corrected chi connectivity index (χ1v) is 7.61. The van der Waals surface area contributed by atoms with Gasteiger partial charge in [0.05, 0.1) is 24.9 Å². The van der Waals surface area contributed by atoms with Gasteiger partial charge in [-0.25, -0.2) is 0 Å². The summed E-state index contributed by atoms with van der Waals surface area (Å²) < 4.78 is 41.2. The number of aliphatic hydroxyl groups excluding tert-OH is 1. The first kappa shape index (κ1) is 15.6. The van der Waals surface area contributed by atoms with Gasteiger partial charge in [0, 0.05) is 5.56 Å². The fourth-order valence-corrected chi connectivity index (χ4v) is 3.32. The van der Waals surface area contributed by atoms with Gasteiger partial charge in [0.2, 0.25) is 0 Å². The Hall–Kier alpha value is -1.24. The van der Waals surface area contributed by atoms with Crippen molar-refractivity contribution in [2.75, 3.05) is 6.61 Å². The number of aliphatic hydroxyl groups is 1. The second-order valence-electron chi connectivity index (χ2n) is 5.77. The van der Waals surface area contributed by atoms with E-state index in [0.29, 0.717) is 5.56 Å². The molecule has 22 heavy (non-hydrogen) atoms. The molecule has 2 bridgehead atoms. The molecule has 6 heteroatoms. The number of alkyl halides is 2. The molecule has 4 atom stereocenters. The Bertz CT molecular complexity index is 485. The van der Waals surface area contributed by atoms with Crippen molar-refractivity contribution in [2.45, 2.75) is 56.7 Å². The van der Waals surface area contributed by atoms with E-state index in [1.807, 2.05) is 0 Å². The highest BCUT2D eigenvalue weighted by Crippen LogP contribution is 2.37. The van der Waals surface area contributed by atoms with Crippen molar-refractivity contribution >= 4 is 0 Å². The number of rotatable bonds is 6. The van der Waals surface area contributed by atoms with E-state index in [0.717, 1.165) is 25.7 Å². The molecule has 1 aromatic carbocycles. The molecular weight excluding hydrogens is 294 g/mol. The lowest BCUT2D eigenvalue weighted by Crippen LogP contribution is -2.32. The second kappa shape index (κ2) is 6.89. The van der Waals surface area contributed by atoms with Crippen LogP contribution in [0.25, 0.3) is 0 Å². The number of benzene rings is 1. The van der Waals surface area contributed by atoms with E-state index in [2.05, 4.69) is 4.74 Å². The van der Waals surface area contributed by atoms with Gasteiger partial charge in [-0.15, -0.1) is 0 Å². The monoisotopic (exact) mass is 314 g/mol. The summed E-state index contributed by atoms with van der Waals surface area (Å²) in [7, 11) is 0. The number of ether oxygens (including phenoxy) is 3. The molecule has 3 rings (SSSR count). The molecule has 0 spiro atoms. The molecule has 2 aliphatic rings. The summed E-state index contributed by atoms with van der Waals surface area (Å²) in [5.74, 6) is 0.0478. The minimum absolute atomic E-state index is 0.0250. The largest absolute Gasteiger partial charge is 0.434 e. The predicted molar refractivity (Wildman–Crippen MR) is 74.9 cm³/mol. The summed E-state index contributed by atoms with van der Waals surface area (Å²) in [6.45, 7) is -3.18. The summed E-state index contributed by atoms with van der Waals surface area (Å²) in [5.41, 5.74) is 0.448. The first-order valence-electron chi connectivity index (χ1n) is 7.61. The van der Waals surface area contributed by atoms with Gasteiger partial charge in [-0.3, -0.25) is 0 Å². The summed E-state index contributed by atoms with van der Waals surface area (Å²) in [6.07, 6.45) is 3.39. The van der Waals surface area contributed by atoms with Crippen molar-refractivity contribution in [3.63, 3.8) is 0 Å². The first-order chi connectivity index (χ1) is 10.7. The van der Waals surface area contributed by atoms with Crippen LogP contribution in [0.5, 0.6) is 5.75 Å². The zero-order valence-electron chi connectivity index (χ0n) is 12.2. The highest BCUT2D eigenvalue weighted by Gasteiger charge is 2.36. The summed E-state index contributed by atoms with van der Waals surface area (Å²) in [5, 5.41) is 9.62. The molecule has 0 aromatic heterocycles. The normalized spacial score (nSPS) is 28.8. The fourth-order valence-electron chi connectivity index (χ4n) is 3.32. The van der Waals surface area contributed by atoms with Crippen LogP contribution in [0.3, 0.4) is 0 Å². The van der Waals surface area contributed by atoms with Gasteiger partial charge in [-0.2, -0.15) is 8.78 Å². The molecule has 1 aromatic rings. The van der Waals surface area contributed by atoms with Crippen LogP contribution in [0.15, 0.2) is 24.3 Å². The van der Waals surface area contributed by atoms with Gasteiger partial charge in [0.1, 0.15) is 11.9 Å². The average Bonchev–Trinajstić information content (AvgIpc) is 2.84.